The van der Waals surface area contributed by atoms with Crippen molar-refractivity contribution in [3.63, 3.8) is 0 Å². The Morgan fingerprint density at radius 1 is 1.07 bits per heavy atom. The number of methoxy groups -OCH3 is 1. The first kappa shape index (κ1) is 32.4. The van der Waals surface area contributed by atoms with E-state index in [0.29, 0.717) is 28.2 Å². The molecule has 1 aliphatic rings. The minimum atomic E-state index is -5.16. The number of pyridine rings is 1. The fraction of sp³-hybridized carbons (Fsp3) is 0.455. The quantitative estimate of drug-likeness (QED) is 0.166. The molecule has 2 N–H and O–H groups in total. The summed E-state index contributed by atoms with van der Waals surface area (Å²) in [6, 6.07) is 11.5. The Labute approximate surface area is 249 Å². The van der Waals surface area contributed by atoms with Gasteiger partial charge in [-0.25, -0.2) is 9.37 Å². The summed E-state index contributed by atoms with van der Waals surface area (Å²) in [6.07, 6.45) is -4.82. The van der Waals surface area contributed by atoms with Gasteiger partial charge in [-0.3, -0.25) is 4.79 Å². The van der Waals surface area contributed by atoms with Crippen LogP contribution in [0.1, 0.15) is 80.6 Å². The molecule has 43 heavy (non-hydrogen) atoms. The highest BCUT2D eigenvalue weighted by atomic mass is 19.4. The molecule has 1 atom stereocenters. The van der Waals surface area contributed by atoms with Crippen LogP contribution in [0, 0.1) is 12.7 Å². The van der Waals surface area contributed by atoms with Gasteiger partial charge in [0.05, 0.1) is 24.6 Å². The lowest BCUT2D eigenvalue weighted by Gasteiger charge is -2.34. The average Bonchev–Trinajstić information content (AvgIpc) is 3.75. The molecular formula is C33H38F4N2O4. The van der Waals surface area contributed by atoms with Crippen molar-refractivity contribution in [1.82, 2.24) is 10.3 Å². The molecule has 0 bridgehead atoms. The van der Waals surface area contributed by atoms with Crippen molar-refractivity contribution in [3.05, 3.63) is 76.7 Å². The molecular weight excluding hydrogens is 564 g/mol. The molecule has 0 saturated heterocycles. The molecule has 10 heteroatoms. The number of halogens is 4. The predicted octanol–water partition coefficient (Wildman–Crippen LogP) is 7.39. The van der Waals surface area contributed by atoms with Crippen LogP contribution >= 0.6 is 0 Å². The maximum absolute atomic E-state index is 14.7. The number of aryl methyl sites for hydroxylation is 1. The lowest BCUT2D eigenvalue weighted by atomic mass is 9.85. The summed E-state index contributed by atoms with van der Waals surface area (Å²) in [7, 11) is 1.42. The van der Waals surface area contributed by atoms with E-state index < -0.39 is 47.5 Å². The van der Waals surface area contributed by atoms with Crippen molar-refractivity contribution in [1.29, 1.82) is 0 Å². The van der Waals surface area contributed by atoms with Gasteiger partial charge in [0.25, 0.3) is 0 Å². The minimum Gasteiger partial charge on any atom is -0.493 e. The maximum Gasteiger partial charge on any atom is 0.422 e. The zero-order valence-corrected chi connectivity index (χ0v) is 25.2. The van der Waals surface area contributed by atoms with E-state index in [2.05, 4.69) is 10.3 Å². The lowest BCUT2D eigenvalue weighted by Crippen LogP contribution is -2.45. The van der Waals surface area contributed by atoms with Crippen LogP contribution in [0.2, 0.25) is 0 Å². The van der Waals surface area contributed by atoms with Crippen LogP contribution in [-0.2, 0) is 11.1 Å². The molecule has 0 radical (unpaired) electrons. The molecule has 2 aromatic carbocycles. The molecule has 1 fully saturated rings. The zero-order valence-electron chi connectivity index (χ0n) is 25.2. The summed E-state index contributed by atoms with van der Waals surface area (Å²) < 4.78 is 69.3. The number of carbonyl (C=O) groups is 1. The second-order valence-electron chi connectivity index (χ2n) is 12.0. The number of rotatable bonds is 12. The molecule has 232 valence electrons. The number of alkyl halides is 3. The molecule has 1 aliphatic carbocycles. The van der Waals surface area contributed by atoms with Crippen LogP contribution in [0.3, 0.4) is 0 Å². The third-order valence-electron chi connectivity index (χ3n) is 7.56. The monoisotopic (exact) mass is 602 g/mol. The molecule has 1 unspecified atom stereocenters. The number of ketones is 1. The summed E-state index contributed by atoms with van der Waals surface area (Å²) in [5.74, 6) is -0.310. The van der Waals surface area contributed by atoms with Gasteiger partial charge < -0.3 is 19.9 Å². The first-order chi connectivity index (χ1) is 20.0. The molecule has 1 saturated carbocycles. The van der Waals surface area contributed by atoms with Gasteiger partial charge in [-0.05, 0) is 99.7 Å². The van der Waals surface area contributed by atoms with Crippen molar-refractivity contribution in [2.45, 2.75) is 89.8 Å². The third-order valence-corrected chi connectivity index (χ3v) is 7.56. The first-order valence-corrected chi connectivity index (χ1v) is 14.3. The second kappa shape index (κ2) is 12.2. The highest BCUT2D eigenvalue weighted by molar-refractivity contribution is 5.96. The number of ether oxygens (including phenoxy) is 2. The SMILES string of the molecule is COc1cc(C(=O)CCC(O)(c2cc(C(C)(C)NC(C)C)cc(-c3ccc(F)c(C)c3)n2)C(F)(F)F)ccc1OC1CC1. The Morgan fingerprint density at radius 3 is 2.35 bits per heavy atom. The second-order valence-corrected chi connectivity index (χ2v) is 12.0. The molecule has 1 aromatic heterocycles. The van der Waals surface area contributed by atoms with E-state index in [0.717, 1.165) is 12.8 Å². The number of benzene rings is 2. The number of Topliss-reactive ketones (excluding diaryl/α,β-unsaturated/α-hetero) is 1. The molecule has 4 rings (SSSR count). The van der Waals surface area contributed by atoms with Crippen LogP contribution < -0.4 is 14.8 Å². The van der Waals surface area contributed by atoms with Gasteiger partial charge in [0, 0.05) is 29.1 Å². The van der Waals surface area contributed by atoms with Crippen LogP contribution in [0.4, 0.5) is 17.6 Å². The Hall–Kier alpha value is -3.50. The van der Waals surface area contributed by atoms with Gasteiger partial charge in [0.2, 0.25) is 5.60 Å². The number of carbonyl (C=O) groups excluding carboxylic acids is 1. The zero-order chi connectivity index (χ0) is 31.7. The molecule has 1 heterocycles. The molecule has 0 amide bonds. The van der Waals surface area contributed by atoms with E-state index in [9.17, 15) is 27.5 Å². The first-order valence-electron chi connectivity index (χ1n) is 14.3. The van der Waals surface area contributed by atoms with E-state index in [1.165, 1.54) is 43.5 Å². The highest BCUT2D eigenvalue weighted by Gasteiger charge is 2.56. The van der Waals surface area contributed by atoms with E-state index >= 15 is 0 Å². The van der Waals surface area contributed by atoms with Crippen LogP contribution in [0.5, 0.6) is 11.5 Å². The van der Waals surface area contributed by atoms with Crippen molar-refractivity contribution in [2.24, 2.45) is 0 Å². The van der Waals surface area contributed by atoms with Gasteiger partial charge in [0.15, 0.2) is 17.3 Å². The summed E-state index contributed by atoms with van der Waals surface area (Å²) in [5, 5.41) is 14.7. The number of hydrogen-bond acceptors (Lipinski definition) is 6. The minimum absolute atomic E-state index is 0.0136. The largest absolute Gasteiger partial charge is 0.493 e. The van der Waals surface area contributed by atoms with Crippen molar-refractivity contribution in [2.75, 3.05) is 7.11 Å². The number of nitrogens with zero attached hydrogens (tertiary/aromatic N) is 1. The predicted molar refractivity (Wildman–Crippen MR) is 156 cm³/mol. The summed E-state index contributed by atoms with van der Waals surface area (Å²) in [4.78, 5) is 17.4. The van der Waals surface area contributed by atoms with Gasteiger partial charge in [0.1, 0.15) is 5.82 Å². The standard InChI is InChI=1S/C33H38F4N2O4/c1-19(2)39-31(4,5)23-17-26(21-7-11-25(34)20(3)15-21)38-30(18-23)32(41,33(35,36)37)14-13-27(40)22-8-12-28(29(16-22)42-6)43-24-9-10-24/h7-8,11-12,15-19,24,39,41H,9-10,13-14H2,1-6H3. The summed E-state index contributed by atoms with van der Waals surface area (Å²) >= 11 is 0. The Bertz CT molecular complexity index is 1480. The molecule has 0 aliphatic heterocycles. The molecule has 6 nitrogen and oxygen atoms in total. The van der Waals surface area contributed by atoms with Crippen molar-refractivity contribution >= 4 is 5.78 Å². The van der Waals surface area contributed by atoms with Crippen molar-refractivity contribution in [3.8, 4) is 22.8 Å². The van der Waals surface area contributed by atoms with Crippen LogP contribution in [0.15, 0.2) is 48.5 Å². The third kappa shape index (κ3) is 7.36. The Balaban J connectivity index is 1.73. The fourth-order valence-corrected chi connectivity index (χ4v) is 5.02. The van der Waals surface area contributed by atoms with Crippen LogP contribution in [0.25, 0.3) is 11.3 Å². The number of aliphatic hydroxyl groups is 1. The number of nitrogens with one attached hydrogen (secondary N) is 1. The van der Waals surface area contributed by atoms with Crippen LogP contribution in [-0.4, -0.2) is 41.3 Å². The van der Waals surface area contributed by atoms with E-state index in [4.69, 9.17) is 9.47 Å². The smallest absolute Gasteiger partial charge is 0.422 e. The summed E-state index contributed by atoms with van der Waals surface area (Å²) in [6.45, 7) is 8.99. The van der Waals surface area contributed by atoms with Gasteiger partial charge >= 0.3 is 6.18 Å². The highest BCUT2D eigenvalue weighted by Crippen LogP contribution is 2.44. The van der Waals surface area contributed by atoms with Gasteiger partial charge in [-0.2, -0.15) is 13.2 Å². The average molecular weight is 603 g/mol. The van der Waals surface area contributed by atoms with Gasteiger partial charge in [-0.15, -0.1) is 0 Å². The number of hydrogen-bond donors (Lipinski definition) is 2. The van der Waals surface area contributed by atoms with E-state index in [1.54, 1.807) is 19.1 Å². The Morgan fingerprint density at radius 2 is 1.77 bits per heavy atom. The van der Waals surface area contributed by atoms with Gasteiger partial charge in [-0.1, -0.05) is 13.8 Å². The number of aromatic nitrogens is 1. The molecule has 3 aromatic rings. The Kier molecular flexibility index (Phi) is 9.23. The summed E-state index contributed by atoms with van der Waals surface area (Å²) in [5.41, 5.74) is -3.51. The van der Waals surface area contributed by atoms with E-state index in [1.807, 2.05) is 27.7 Å². The topological polar surface area (TPSA) is 80.7 Å². The fourth-order valence-electron chi connectivity index (χ4n) is 5.02. The lowest BCUT2D eigenvalue weighted by molar-refractivity contribution is -0.270. The molecule has 0 spiro atoms. The van der Waals surface area contributed by atoms with E-state index in [-0.39, 0.29) is 23.4 Å². The maximum atomic E-state index is 14.7. The van der Waals surface area contributed by atoms with Crippen molar-refractivity contribution < 1.29 is 36.9 Å². The normalized spacial score (nSPS) is 15.3.